The average Bonchev–Trinajstić information content (AvgIpc) is 2.31. The van der Waals surface area contributed by atoms with Gasteiger partial charge in [-0.25, -0.2) is 0 Å². The number of carbonyl (C=O) groups excluding carboxylic acids is 2. The van der Waals surface area contributed by atoms with Crippen LogP contribution >= 0.6 is 15.9 Å². The van der Waals surface area contributed by atoms with Crippen molar-refractivity contribution in [2.24, 2.45) is 0 Å². The van der Waals surface area contributed by atoms with Gasteiger partial charge in [0.1, 0.15) is 4.73 Å². The van der Waals surface area contributed by atoms with Gasteiger partial charge in [0, 0.05) is 0 Å². The van der Waals surface area contributed by atoms with E-state index in [4.69, 9.17) is 9.31 Å². The molecule has 1 aliphatic rings. The Morgan fingerprint density at radius 1 is 1.37 bits per heavy atom. The maximum Gasteiger partial charge on any atom is 0.615 e. The molecule has 0 bridgehead atoms. The van der Waals surface area contributed by atoms with Crippen molar-refractivity contribution in [1.29, 1.82) is 0 Å². The van der Waals surface area contributed by atoms with Gasteiger partial charge in [0.2, 0.25) is 0 Å². The van der Waals surface area contributed by atoms with E-state index in [1.165, 1.54) is 4.90 Å². The van der Waals surface area contributed by atoms with E-state index in [1.807, 2.05) is 6.92 Å². The van der Waals surface area contributed by atoms with Gasteiger partial charge < -0.3 is 14.4 Å². The summed E-state index contributed by atoms with van der Waals surface area (Å²) < 4.78 is 9.51. The van der Waals surface area contributed by atoms with Gasteiger partial charge in [0.25, 0.3) is 0 Å². The summed E-state index contributed by atoms with van der Waals surface area (Å²) in [5, 5.41) is 9.95. The predicted octanol–water partition coefficient (Wildman–Crippen LogP) is 0.360. The van der Waals surface area contributed by atoms with Crippen LogP contribution in [0.5, 0.6) is 0 Å². The summed E-state index contributed by atoms with van der Waals surface area (Å²) in [6.45, 7) is 2.06. The molecule has 0 aromatic rings. The van der Waals surface area contributed by atoms with Gasteiger partial charge in [0.15, 0.2) is 0 Å². The normalized spacial score (nSPS) is 21.2. The molecule has 0 amide bonds. The van der Waals surface area contributed by atoms with Crippen molar-refractivity contribution in [2.75, 3.05) is 20.1 Å². The molecular weight excluding hydrogens is 317 g/mol. The Labute approximate surface area is 121 Å². The molecule has 0 spiro atoms. The monoisotopic (exact) mass is 335 g/mol. The van der Waals surface area contributed by atoms with Crippen molar-refractivity contribution < 1.29 is 24.0 Å². The third-order valence-corrected chi connectivity index (χ3v) is 3.82. The number of likely N-dealkylation sites (N-methyl/N-ethyl adjacent to an activating group) is 1. The number of alkyl halides is 1. The summed E-state index contributed by atoms with van der Waals surface area (Å²) >= 11 is 3.25. The number of nitrogens with zero attached hydrogens (tertiary/aromatic N) is 1. The molecule has 8 heteroatoms. The van der Waals surface area contributed by atoms with Crippen LogP contribution in [0.3, 0.4) is 0 Å². The highest BCUT2D eigenvalue weighted by Crippen LogP contribution is 2.18. The molecule has 0 aromatic heterocycles. The van der Waals surface area contributed by atoms with Crippen LogP contribution in [0, 0.1) is 0 Å². The fourth-order valence-corrected chi connectivity index (χ4v) is 2.22. The minimum absolute atomic E-state index is 0.0242. The van der Waals surface area contributed by atoms with E-state index in [0.717, 1.165) is 12.8 Å². The van der Waals surface area contributed by atoms with Gasteiger partial charge in [-0.3, -0.25) is 14.5 Å². The van der Waals surface area contributed by atoms with E-state index >= 15 is 0 Å². The molecule has 0 aromatic carbocycles. The maximum atomic E-state index is 11.5. The Morgan fingerprint density at radius 2 is 1.89 bits per heavy atom. The van der Waals surface area contributed by atoms with Gasteiger partial charge >= 0.3 is 19.1 Å². The van der Waals surface area contributed by atoms with Gasteiger partial charge in [-0.05, 0) is 13.5 Å². The first-order valence-electron chi connectivity index (χ1n) is 6.33. The predicted molar refractivity (Wildman–Crippen MR) is 73.7 cm³/mol. The number of aliphatic hydroxyl groups is 1. The van der Waals surface area contributed by atoms with Gasteiger partial charge in [-0.15, -0.1) is 0 Å². The zero-order valence-corrected chi connectivity index (χ0v) is 12.8. The molecule has 6 nitrogen and oxygen atoms in total. The zero-order chi connectivity index (χ0) is 14.4. The van der Waals surface area contributed by atoms with Crippen LogP contribution < -0.4 is 0 Å². The molecule has 1 rings (SSSR count). The molecule has 0 aliphatic carbocycles. The second-order valence-corrected chi connectivity index (χ2v) is 5.73. The summed E-state index contributed by atoms with van der Waals surface area (Å²) in [5.41, 5.74) is 0. The topological polar surface area (TPSA) is 76.1 Å². The second-order valence-electron chi connectivity index (χ2n) is 4.67. The van der Waals surface area contributed by atoms with Crippen LogP contribution in [0.1, 0.15) is 26.2 Å². The number of aliphatic hydroxyl groups excluding tert-OH is 1. The SMILES string of the molecule is CCCC[C@H](O)[C@H](Br)B1OC(=O)CN(C)CC(=O)O1. The molecule has 19 heavy (non-hydrogen) atoms. The summed E-state index contributed by atoms with van der Waals surface area (Å²) in [7, 11) is 0.547. The molecule has 0 unspecified atom stereocenters. The molecular formula is C11H19BBrNO5. The lowest BCUT2D eigenvalue weighted by Gasteiger charge is -2.26. The Morgan fingerprint density at radius 3 is 2.37 bits per heavy atom. The first-order chi connectivity index (χ1) is 8.93. The van der Waals surface area contributed by atoms with Crippen molar-refractivity contribution in [1.82, 2.24) is 4.90 Å². The summed E-state index contributed by atoms with van der Waals surface area (Å²) in [4.78, 5) is 24.6. The quantitative estimate of drug-likeness (QED) is 0.577. The molecule has 2 atom stereocenters. The third-order valence-electron chi connectivity index (χ3n) is 2.77. The van der Waals surface area contributed by atoms with Crippen LogP contribution in [-0.4, -0.2) is 60.0 Å². The molecule has 1 aliphatic heterocycles. The summed E-state index contributed by atoms with van der Waals surface area (Å²) in [6, 6.07) is 0. The van der Waals surface area contributed by atoms with Crippen molar-refractivity contribution in [2.45, 2.75) is 37.0 Å². The molecule has 1 heterocycles. The first-order valence-corrected chi connectivity index (χ1v) is 7.25. The molecule has 1 fully saturated rings. The molecule has 1 N–H and O–H groups in total. The van der Waals surface area contributed by atoms with Crippen molar-refractivity contribution in [3.8, 4) is 0 Å². The van der Waals surface area contributed by atoms with Crippen molar-refractivity contribution in [3.63, 3.8) is 0 Å². The Bertz CT molecular complexity index is 310. The van der Waals surface area contributed by atoms with Crippen molar-refractivity contribution in [3.05, 3.63) is 0 Å². The summed E-state index contributed by atoms with van der Waals surface area (Å²) in [6.07, 6.45) is 1.62. The van der Waals surface area contributed by atoms with Crippen molar-refractivity contribution >= 4 is 35.0 Å². The highest BCUT2D eigenvalue weighted by Gasteiger charge is 2.41. The largest absolute Gasteiger partial charge is 0.615 e. The van der Waals surface area contributed by atoms with E-state index in [-0.39, 0.29) is 13.1 Å². The van der Waals surface area contributed by atoms with E-state index in [2.05, 4.69) is 15.9 Å². The number of rotatable bonds is 5. The van der Waals surface area contributed by atoms with Gasteiger partial charge in [-0.2, -0.15) is 0 Å². The average molecular weight is 336 g/mol. The molecule has 108 valence electrons. The van der Waals surface area contributed by atoms with Crippen LogP contribution in [-0.2, 0) is 18.9 Å². The van der Waals surface area contributed by atoms with Gasteiger partial charge in [-0.1, -0.05) is 35.7 Å². The maximum absolute atomic E-state index is 11.5. The Kier molecular flexibility index (Phi) is 6.81. The lowest BCUT2D eigenvalue weighted by molar-refractivity contribution is -0.145. The number of hydrogen-bond acceptors (Lipinski definition) is 6. The third kappa shape index (κ3) is 5.50. The number of carbonyl (C=O) groups is 2. The lowest BCUT2D eigenvalue weighted by atomic mass is 9.79. The number of unbranched alkanes of at least 4 members (excludes halogenated alkanes) is 1. The van der Waals surface area contributed by atoms with E-state index in [9.17, 15) is 14.7 Å². The fraction of sp³-hybridized carbons (Fsp3) is 0.818. The minimum Gasteiger partial charge on any atom is -0.497 e. The zero-order valence-electron chi connectivity index (χ0n) is 11.2. The number of halogens is 1. The Balaban J connectivity index is 2.63. The molecule has 0 saturated carbocycles. The summed E-state index contributed by atoms with van der Waals surface area (Å²) in [5.74, 6) is -0.959. The second kappa shape index (κ2) is 7.86. The number of hydrogen-bond donors (Lipinski definition) is 1. The van der Waals surface area contributed by atoms with Crippen LogP contribution in [0.25, 0.3) is 0 Å². The minimum atomic E-state index is -1.08. The van der Waals surface area contributed by atoms with E-state index < -0.39 is 29.9 Å². The Hall–Kier alpha value is -0.595. The van der Waals surface area contributed by atoms with E-state index in [0.29, 0.717) is 6.42 Å². The van der Waals surface area contributed by atoms with Crippen LogP contribution in [0.15, 0.2) is 0 Å². The van der Waals surface area contributed by atoms with Crippen LogP contribution in [0.4, 0.5) is 0 Å². The lowest BCUT2D eigenvalue weighted by Crippen LogP contribution is -2.49. The van der Waals surface area contributed by atoms with Gasteiger partial charge in [0.05, 0.1) is 19.2 Å². The smallest absolute Gasteiger partial charge is 0.497 e. The van der Waals surface area contributed by atoms with E-state index in [1.54, 1.807) is 7.05 Å². The first kappa shape index (κ1) is 16.5. The highest BCUT2D eigenvalue weighted by molar-refractivity contribution is 9.10. The molecule has 0 radical (unpaired) electrons. The van der Waals surface area contributed by atoms with Crippen LogP contribution in [0.2, 0.25) is 0 Å². The highest BCUT2D eigenvalue weighted by atomic mass is 79.9. The standard InChI is InChI=1S/C11H19BBrNO5/c1-3-4-5-8(15)11(13)12-18-9(16)6-14(2)7-10(17)19-12/h8,11,15H,3-7H2,1-2H3/t8-,11-/m0/s1. The molecule has 1 saturated heterocycles. The fourth-order valence-electron chi connectivity index (χ4n) is 1.74.